The van der Waals surface area contributed by atoms with Gasteiger partial charge in [0.25, 0.3) is 0 Å². The molecule has 1 aromatic carbocycles. The van der Waals surface area contributed by atoms with Gasteiger partial charge in [-0.1, -0.05) is 30.4 Å². The smallest absolute Gasteiger partial charge is 0.324 e. The number of aliphatic carboxylic acids is 1. The van der Waals surface area contributed by atoms with Crippen LogP contribution in [-0.2, 0) is 14.4 Å². The van der Waals surface area contributed by atoms with Crippen molar-refractivity contribution in [1.82, 2.24) is 9.99 Å². The van der Waals surface area contributed by atoms with Gasteiger partial charge in [0.15, 0.2) is 11.6 Å². The molecule has 27 heavy (non-hydrogen) atoms. The van der Waals surface area contributed by atoms with E-state index in [0.717, 1.165) is 34.3 Å². The third kappa shape index (κ3) is 3.33. The van der Waals surface area contributed by atoms with Gasteiger partial charge in [-0.25, -0.2) is 9.99 Å². The van der Waals surface area contributed by atoms with Gasteiger partial charge in [0.1, 0.15) is 6.54 Å². The molecule has 0 atom stereocenters. The van der Waals surface area contributed by atoms with Crippen molar-refractivity contribution in [2.24, 2.45) is 0 Å². The van der Waals surface area contributed by atoms with Gasteiger partial charge < -0.3 is 5.11 Å². The number of nitrogens with zero attached hydrogens (tertiary/aromatic N) is 3. The van der Waals surface area contributed by atoms with E-state index >= 15 is 0 Å². The first-order valence-corrected chi connectivity index (χ1v) is 8.89. The van der Waals surface area contributed by atoms with Crippen molar-refractivity contribution in [3.05, 3.63) is 34.8 Å². The number of carboxylic acids is 1. The zero-order chi connectivity index (χ0) is 19.0. The predicted molar refractivity (Wildman–Crippen MR) is 100 cm³/mol. The molecule has 2 aromatic rings. The average molecular weight is 365 g/mol. The van der Waals surface area contributed by atoms with Crippen LogP contribution in [0.4, 0.5) is 5.69 Å². The molecule has 0 radical (unpaired) electrons. The van der Waals surface area contributed by atoms with Crippen molar-refractivity contribution in [1.29, 1.82) is 0 Å². The number of anilines is 1. The fourth-order valence-electron chi connectivity index (χ4n) is 3.72. The number of hydrazine groups is 1. The molecule has 0 spiro atoms. The van der Waals surface area contributed by atoms with Crippen molar-refractivity contribution in [3.8, 4) is 0 Å². The number of hydrogen-bond donors (Lipinski definition) is 1. The summed E-state index contributed by atoms with van der Waals surface area (Å²) >= 11 is 0. The highest BCUT2D eigenvalue weighted by atomic mass is 16.4. The number of carbonyl (C=O) groups is 3. The Hall–Kier alpha value is -3.06. The molecular formula is C20H19N3O4. The van der Waals surface area contributed by atoms with Crippen LogP contribution in [0, 0.1) is 0 Å². The number of rotatable bonds is 4. The number of benzene rings is 1. The Morgan fingerprint density at radius 3 is 2.56 bits per heavy atom. The first-order valence-electron chi connectivity index (χ1n) is 8.89. The lowest BCUT2D eigenvalue weighted by molar-refractivity contribution is -0.138. The molecule has 1 fully saturated rings. The first-order chi connectivity index (χ1) is 13.0. The minimum Gasteiger partial charge on any atom is -0.480 e. The number of aromatic nitrogens is 1. The molecule has 0 amide bonds. The number of fused-ring (bicyclic) bond motifs is 2. The van der Waals surface area contributed by atoms with E-state index in [1.165, 1.54) is 0 Å². The molecule has 0 saturated carbocycles. The maximum absolute atomic E-state index is 12.0. The van der Waals surface area contributed by atoms with Crippen molar-refractivity contribution < 1.29 is 19.5 Å². The van der Waals surface area contributed by atoms with Crippen LogP contribution >= 0.6 is 0 Å². The van der Waals surface area contributed by atoms with E-state index in [9.17, 15) is 19.5 Å². The van der Waals surface area contributed by atoms with Crippen LogP contribution in [0.5, 0.6) is 0 Å². The number of hydrogen-bond acceptors (Lipinski definition) is 6. The van der Waals surface area contributed by atoms with Gasteiger partial charge in [0.2, 0.25) is 0 Å². The largest absolute Gasteiger partial charge is 0.480 e. The van der Waals surface area contributed by atoms with E-state index < -0.39 is 5.97 Å². The highest BCUT2D eigenvalue weighted by Crippen LogP contribution is 2.24. The molecule has 1 aromatic heterocycles. The number of pyridine rings is 1. The summed E-state index contributed by atoms with van der Waals surface area (Å²) < 4.78 is 0. The van der Waals surface area contributed by atoms with Crippen LogP contribution in [0.2, 0.25) is 0 Å². The third-order valence-electron chi connectivity index (χ3n) is 4.78. The molecule has 138 valence electrons. The summed E-state index contributed by atoms with van der Waals surface area (Å²) in [6, 6.07) is 7.53. The zero-order valence-corrected chi connectivity index (χ0v) is 14.7. The number of ketones is 2. The van der Waals surface area contributed by atoms with Crippen molar-refractivity contribution in [3.63, 3.8) is 0 Å². The lowest BCUT2D eigenvalue weighted by Crippen LogP contribution is -2.55. The Morgan fingerprint density at radius 1 is 1.11 bits per heavy atom. The van der Waals surface area contributed by atoms with E-state index in [4.69, 9.17) is 4.98 Å². The van der Waals surface area contributed by atoms with Crippen LogP contribution in [0.25, 0.3) is 23.1 Å². The molecule has 7 heteroatoms. The lowest BCUT2D eigenvalue weighted by Gasteiger charge is -2.37. The minimum atomic E-state index is -1.03. The quantitative estimate of drug-likeness (QED) is 0.776. The molecule has 1 aliphatic carbocycles. The number of Topliss-reactive ketones (excluding diaryl/α,β-unsaturated/α-hetero) is 2. The average Bonchev–Trinajstić information content (AvgIpc) is 2.63. The van der Waals surface area contributed by atoms with E-state index in [0.29, 0.717) is 5.69 Å². The van der Waals surface area contributed by atoms with Crippen LogP contribution < -0.4 is 15.6 Å². The normalized spacial score (nSPS) is 17.2. The van der Waals surface area contributed by atoms with E-state index in [-0.39, 0.29) is 37.6 Å². The molecule has 2 heterocycles. The summed E-state index contributed by atoms with van der Waals surface area (Å²) in [5.41, 5.74) is 1.44. The topological polar surface area (TPSA) is 90.8 Å². The summed E-state index contributed by atoms with van der Waals surface area (Å²) in [5.74, 6) is -1.44. The number of piperidine rings is 1. The minimum absolute atomic E-state index is 0.0220. The highest BCUT2D eigenvalue weighted by molar-refractivity contribution is 6.03. The molecule has 4 rings (SSSR count). The molecule has 1 aliphatic heterocycles. The summed E-state index contributed by atoms with van der Waals surface area (Å²) in [7, 11) is 0. The summed E-state index contributed by atoms with van der Waals surface area (Å²) in [5, 5.41) is 15.1. The Bertz CT molecular complexity index is 1060. The number of carboxylic acid groups (broad SMARTS) is 1. The first kappa shape index (κ1) is 17.4. The SMILES string of the molecule is O=C(O)CN(c1c2c(nc3ccccc13)=CCCC=2)N1CC(=O)CC(=O)C1. The maximum Gasteiger partial charge on any atom is 0.324 e. The second-order valence-electron chi connectivity index (χ2n) is 6.79. The fourth-order valence-corrected chi connectivity index (χ4v) is 3.72. The molecule has 2 aliphatic rings. The maximum atomic E-state index is 12.0. The van der Waals surface area contributed by atoms with Gasteiger partial charge in [0.05, 0.1) is 36.1 Å². The van der Waals surface area contributed by atoms with Crippen molar-refractivity contribution >= 4 is 46.3 Å². The number of para-hydroxylation sites is 1. The summed E-state index contributed by atoms with van der Waals surface area (Å²) in [6.07, 6.45) is 5.70. The van der Waals surface area contributed by atoms with Crippen LogP contribution in [0.1, 0.15) is 19.3 Å². The standard InChI is InChI=1S/C20H19N3O4/c24-13-9-14(25)11-22(10-13)23(12-19(26)27)20-15-5-1-3-7-17(15)21-18-8-4-2-6-16(18)20/h1,3,5-8H,2,4,9-12H2,(H,26,27). The van der Waals surface area contributed by atoms with E-state index in [1.807, 2.05) is 36.4 Å². The zero-order valence-electron chi connectivity index (χ0n) is 14.7. The Balaban J connectivity index is 1.97. The Kier molecular flexibility index (Phi) is 4.45. The molecule has 0 bridgehead atoms. The Labute approximate surface area is 155 Å². The lowest BCUT2D eigenvalue weighted by atomic mass is 10.1. The van der Waals surface area contributed by atoms with Gasteiger partial charge in [-0.15, -0.1) is 0 Å². The van der Waals surface area contributed by atoms with Crippen LogP contribution in [-0.4, -0.2) is 52.3 Å². The van der Waals surface area contributed by atoms with Gasteiger partial charge >= 0.3 is 5.97 Å². The van der Waals surface area contributed by atoms with Gasteiger partial charge in [-0.2, -0.15) is 0 Å². The van der Waals surface area contributed by atoms with E-state index in [1.54, 1.807) is 10.0 Å². The predicted octanol–water partition coefficient (Wildman–Crippen LogP) is 0.240. The Morgan fingerprint density at radius 2 is 1.81 bits per heavy atom. The van der Waals surface area contributed by atoms with E-state index in [2.05, 4.69) is 0 Å². The molecule has 1 saturated heterocycles. The second kappa shape index (κ2) is 6.92. The van der Waals surface area contributed by atoms with Gasteiger partial charge in [-0.05, 0) is 18.9 Å². The molecular weight excluding hydrogens is 346 g/mol. The van der Waals surface area contributed by atoms with Crippen LogP contribution in [0.15, 0.2) is 24.3 Å². The van der Waals surface area contributed by atoms with Crippen molar-refractivity contribution in [2.75, 3.05) is 24.6 Å². The highest BCUT2D eigenvalue weighted by Gasteiger charge is 2.30. The number of carbonyl (C=O) groups excluding carboxylic acids is 2. The molecule has 0 unspecified atom stereocenters. The summed E-state index contributed by atoms with van der Waals surface area (Å²) in [6.45, 7) is -0.294. The third-order valence-corrected chi connectivity index (χ3v) is 4.78. The fraction of sp³-hybridized carbons (Fsp3) is 0.300. The monoisotopic (exact) mass is 365 g/mol. The van der Waals surface area contributed by atoms with Gasteiger partial charge in [-0.3, -0.25) is 19.4 Å². The van der Waals surface area contributed by atoms with Crippen molar-refractivity contribution in [2.45, 2.75) is 19.3 Å². The molecule has 1 N–H and O–H groups in total. The van der Waals surface area contributed by atoms with Crippen LogP contribution in [0.3, 0.4) is 0 Å². The second-order valence-corrected chi connectivity index (χ2v) is 6.79. The molecule has 7 nitrogen and oxygen atoms in total. The van der Waals surface area contributed by atoms with Gasteiger partial charge in [0, 0.05) is 10.6 Å². The summed E-state index contributed by atoms with van der Waals surface area (Å²) in [4.78, 5) is 40.3.